The molecule has 108 valence electrons. The maximum absolute atomic E-state index is 6.11. The summed E-state index contributed by atoms with van der Waals surface area (Å²) in [5.41, 5.74) is 2.32. The summed E-state index contributed by atoms with van der Waals surface area (Å²) in [5.74, 6) is 0. The van der Waals surface area contributed by atoms with E-state index in [0.717, 1.165) is 31.6 Å². The van der Waals surface area contributed by atoms with E-state index in [1.54, 1.807) is 0 Å². The van der Waals surface area contributed by atoms with Gasteiger partial charge in [-0.3, -0.25) is 4.68 Å². The van der Waals surface area contributed by atoms with Crippen molar-refractivity contribution in [1.29, 1.82) is 0 Å². The fourth-order valence-corrected chi connectivity index (χ4v) is 2.74. The SMILES string of the molecule is CC(C)N(C)CC1OCCCn2nc3ccccc3c21. The summed E-state index contributed by atoms with van der Waals surface area (Å²) >= 11 is 0. The predicted octanol–water partition coefficient (Wildman–Crippen LogP) is 2.84. The van der Waals surface area contributed by atoms with Gasteiger partial charge in [-0.05, 0) is 33.4 Å². The first kappa shape index (κ1) is 13.6. The number of aryl methyl sites for hydroxylation is 1. The third-order valence-corrected chi connectivity index (χ3v) is 4.16. The van der Waals surface area contributed by atoms with Crippen molar-refractivity contribution in [3.8, 4) is 0 Å². The monoisotopic (exact) mass is 273 g/mol. The van der Waals surface area contributed by atoms with E-state index in [0.29, 0.717) is 6.04 Å². The molecule has 2 aromatic rings. The molecule has 1 aliphatic rings. The molecule has 0 radical (unpaired) electrons. The second kappa shape index (κ2) is 5.54. The van der Waals surface area contributed by atoms with Crippen molar-refractivity contribution in [1.82, 2.24) is 14.7 Å². The average molecular weight is 273 g/mol. The molecule has 0 amide bonds. The molecule has 4 heteroatoms. The standard InChI is InChI=1S/C16H23N3O/c1-12(2)18(3)11-15-16-13-7-4-5-8-14(13)17-19(16)9-6-10-20-15/h4-5,7-8,12,15H,6,9-11H2,1-3H3. The van der Waals surface area contributed by atoms with Crippen LogP contribution in [0.1, 0.15) is 32.1 Å². The van der Waals surface area contributed by atoms with E-state index < -0.39 is 0 Å². The Bertz CT molecular complexity index is 590. The number of hydrogen-bond acceptors (Lipinski definition) is 3. The molecule has 3 rings (SSSR count). The topological polar surface area (TPSA) is 30.3 Å². The van der Waals surface area contributed by atoms with Crippen LogP contribution in [-0.4, -0.2) is 40.9 Å². The molecule has 1 aromatic carbocycles. The number of benzene rings is 1. The van der Waals surface area contributed by atoms with Crippen LogP contribution in [0.15, 0.2) is 24.3 Å². The van der Waals surface area contributed by atoms with Crippen LogP contribution in [0, 0.1) is 0 Å². The third-order valence-electron chi connectivity index (χ3n) is 4.16. The molecule has 20 heavy (non-hydrogen) atoms. The molecule has 0 fully saturated rings. The van der Waals surface area contributed by atoms with Crippen molar-refractivity contribution in [2.24, 2.45) is 0 Å². The highest BCUT2D eigenvalue weighted by Gasteiger charge is 2.25. The number of nitrogens with zero attached hydrogens (tertiary/aromatic N) is 3. The van der Waals surface area contributed by atoms with Crippen molar-refractivity contribution in [3.63, 3.8) is 0 Å². The zero-order valence-corrected chi connectivity index (χ0v) is 12.5. The van der Waals surface area contributed by atoms with Gasteiger partial charge in [0.2, 0.25) is 0 Å². The lowest BCUT2D eigenvalue weighted by Gasteiger charge is -2.26. The molecule has 1 unspecified atom stereocenters. The molecule has 1 aliphatic heterocycles. The molecule has 2 heterocycles. The molecule has 0 saturated carbocycles. The quantitative estimate of drug-likeness (QED) is 0.861. The van der Waals surface area contributed by atoms with Crippen LogP contribution in [0.4, 0.5) is 0 Å². The van der Waals surface area contributed by atoms with Gasteiger partial charge in [0.15, 0.2) is 0 Å². The molecule has 4 nitrogen and oxygen atoms in total. The fourth-order valence-electron chi connectivity index (χ4n) is 2.74. The first-order valence-corrected chi connectivity index (χ1v) is 7.44. The molecule has 0 N–H and O–H groups in total. The van der Waals surface area contributed by atoms with Crippen molar-refractivity contribution in [3.05, 3.63) is 30.0 Å². The van der Waals surface area contributed by atoms with E-state index in [4.69, 9.17) is 9.84 Å². The van der Waals surface area contributed by atoms with Crippen molar-refractivity contribution in [2.75, 3.05) is 20.2 Å². The Balaban J connectivity index is 2.01. The van der Waals surface area contributed by atoms with Crippen LogP contribution in [0.25, 0.3) is 10.9 Å². The lowest BCUT2D eigenvalue weighted by molar-refractivity contribution is 0.0278. The summed E-state index contributed by atoms with van der Waals surface area (Å²) in [6.07, 6.45) is 1.14. The van der Waals surface area contributed by atoms with Gasteiger partial charge in [-0.1, -0.05) is 18.2 Å². The van der Waals surface area contributed by atoms with E-state index >= 15 is 0 Å². The summed E-state index contributed by atoms with van der Waals surface area (Å²) in [6, 6.07) is 8.89. The minimum absolute atomic E-state index is 0.109. The Hall–Kier alpha value is -1.39. The second-order valence-corrected chi connectivity index (χ2v) is 5.87. The number of ether oxygens (including phenoxy) is 1. The molecule has 1 aromatic heterocycles. The molecule has 1 atom stereocenters. The van der Waals surface area contributed by atoms with Crippen LogP contribution < -0.4 is 0 Å². The number of likely N-dealkylation sites (N-methyl/N-ethyl adjacent to an activating group) is 1. The first-order valence-electron chi connectivity index (χ1n) is 7.44. The van der Waals surface area contributed by atoms with Crippen LogP contribution in [0.3, 0.4) is 0 Å². The van der Waals surface area contributed by atoms with Crippen LogP contribution >= 0.6 is 0 Å². The second-order valence-electron chi connectivity index (χ2n) is 5.87. The highest BCUT2D eigenvalue weighted by atomic mass is 16.5. The van der Waals surface area contributed by atoms with Gasteiger partial charge in [-0.2, -0.15) is 5.10 Å². The third kappa shape index (κ3) is 2.45. The van der Waals surface area contributed by atoms with Crippen molar-refractivity contribution >= 4 is 10.9 Å². The van der Waals surface area contributed by atoms with E-state index in [1.807, 2.05) is 6.07 Å². The summed E-state index contributed by atoms with van der Waals surface area (Å²) in [5, 5.41) is 5.97. The molecule has 0 aliphatic carbocycles. The molecule has 0 spiro atoms. The van der Waals surface area contributed by atoms with Gasteiger partial charge < -0.3 is 9.64 Å². The summed E-state index contributed by atoms with van der Waals surface area (Å²) in [6.45, 7) is 7.10. The van der Waals surface area contributed by atoms with Crippen LogP contribution in [0.2, 0.25) is 0 Å². The number of rotatable bonds is 3. The smallest absolute Gasteiger partial charge is 0.112 e. The number of hydrogen-bond donors (Lipinski definition) is 0. The van der Waals surface area contributed by atoms with E-state index in [9.17, 15) is 0 Å². The molecule has 0 saturated heterocycles. The van der Waals surface area contributed by atoms with Gasteiger partial charge in [0, 0.05) is 31.1 Å². The average Bonchev–Trinajstić information content (AvgIpc) is 2.69. The van der Waals surface area contributed by atoms with Gasteiger partial charge >= 0.3 is 0 Å². The van der Waals surface area contributed by atoms with E-state index in [2.05, 4.69) is 48.7 Å². The predicted molar refractivity (Wildman–Crippen MR) is 80.8 cm³/mol. The Morgan fingerprint density at radius 2 is 2.20 bits per heavy atom. The highest BCUT2D eigenvalue weighted by Crippen LogP contribution is 2.29. The van der Waals surface area contributed by atoms with Gasteiger partial charge in [0.05, 0.1) is 11.2 Å². The molecule has 0 bridgehead atoms. The maximum Gasteiger partial charge on any atom is 0.112 e. The highest BCUT2D eigenvalue weighted by molar-refractivity contribution is 5.81. The maximum atomic E-state index is 6.11. The van der Waals surface area contributed by atoms with Gasteiger partial charge in [-0.15, -0.1) is 0 Å². The van der Waals surface area contributed by atoms with Gasteiger partial charge in [0.1, 0.15) is 6.10 Å². The van der Waals surface area contributed by atoms with Crippen molar-refractivity contribution < 1.29 is 4.74 Å². The minimum atomic E-state index is 0.109. The lowest BCUT2D eigenvalue weighted by atomic mass is 10.1. The zero-order valence-electron chi connectivity index (χ0n) is 12.5. The fraction of sp³-hybridized carbons (Fsp3) is 0.562. The normalized spacial score (nSPS) is 19.6. The minimum Gasteiger partial charge on any atom is -0.370 e. The summed E-state index contributed by atoms with van der Waals surface area (Å²) < 4.78 is 8.26. The van der Waals surface area contributed by atoms with Gasteiger partial charge in [0.25, 0.3) is 0 Å². The Morgan fingerprint density at radius 1 is 1.40 bits per heavy atom. The van der Waals surface area contributed by atoms with E-state index in [1.165, 1.54) is 11.1 Å². The Labute approximate surface area is 120 Å². The lowest BCUT2D eigenvalue weighted by Crippen LogP contribution is -2.32. The van der Waals surface area contributed by atoms with E-state index in [-0.39, 0.29) is 6.10 Å². The van der Waals surface area contributed by atoms with Crippen molar-refractivity contribution in [2.45, 2.75) is 39.0 Å². The number of aromatic nitrogens is 2. The summed E-state index contributed by atoms with van der Waals surface area (Å²) in [7, 11) is 2.15. The van der Waals surface area contributed by atoms with Crippen LogP contribution in [-0.2, 0) is 11.3 Å². The zero-order chi connectivity index (χ0) is 14.1. The van der Waals surface area contributed by atoms with Gasteiger partial charge in [-0.25, -0.2) is 0 Å². The Kier molecular flexibility index (Phi) is 3.76. The Morgan fingerprint density at radius 3 is 3.00 bits per heavy atom. The first-order chi connectivity index (χ1) is 9.66. The van der Waals surface area contributed by atoms with Crippen LogP contribution in [0.5, 0.6) is 0 Å². The summed E-state index contributed by atoms with van der Waals surface area (Å²) in [4.78, 5) is 2.34. The molecular weight excluding hydrogens is 250 g/mol. The largest absolute Gasteiger partial charge is 0.370 e. The molecular formula is C16H23N3O. The number of fused-ring (bicyclic) bond motifs is 3.